The molecule has 0 radical (unpaired) electrons. The average molecular weight is 179 g/mol. The SMILES string of the molecule is Cc1cc(C(F)F)nc(Cl)n1. The molecular weight excluding hydrogens is 174 g/mol. The van der Waals surface area contributed by atoms with Crippen molar-refractivity contribution < 1.29 is 8.78 Å². The molecule has 0 spiro atoms. The Morgan fingerprint density at radius 3 is 2.55 bits per heavy atom. The molecule has 0 bridgehead atoms. The van der Waals surface area contributed by atoms with Gasteiger partial charge in [-0.15, -0.1) is 0 Å². The molecule has 0 saturated heterocycles. The van der Waals surface area contributed by atoms with E-state index in [9.17, 15) is 8.78 Å². The zero-order chi connectivity index (χ0) is 8.43. The summed E-state index contributed by atoms with van der Waals surface area (Å²) >= 11 is 5.34. The number of hydrogen-bond donors (Lipinski definition) is 0. The van der Waals surface area contributed by atoms with Gasteiger partial charge in [-0.2, -0.15) is 0 Å². The Balaban J connectivity index is 3.08. The Labute approximate surface area is 67.2 Å². The summed E-state index contributed by atoms with van der Waals surface area (Å²) in [7, 11) is 0. The highest BCUT2D eigenvalue weighted by Gasteiger charge is 2.10. The van der Waals surface area contributed by atoms with Gasteiger partial charge in [0.05, 0.1) is 0 Å². The lowest BCUT2D eigenvalue weighted by Crippen LogP contribution is -1.94. The lowest BCUT2D eigenvalue weighted by molar-refractivity contribution is 0.146. The summed E-state index contributed by atoms with van der Waals surface area (Å²) in [5.41, 5.74) is 0.114. The molecule has 0 amide bonds. The minimum absolute atomic E-state index is 0.139. The number of aryl methyl sites for hydroxylation is 1. The van der Waals surface area contributed by atoms with Crippen molar-refractivity contribution >= 4 is 11.6 Å². The van der Waals surface area contributed by atoms with Crippen LogP contribution in [0.4, 0.5) is 8.78 Å². The van der Waals surface area contributed by atoms with E-state index in [0.717, 1.165) is 0 Å². The molecule has 1 aromatic rings. The molecule has 0 aliphatic carbocycles. The molecule has 1 aromatic heterocycles. The second-order valence-corrected chi connectivity index (χ2v) is 2.34. The highest BCUT2D eigenvalue weighted by Crippen LogP contribution is 2.17. The van der Waals surface area contributed by atoms with Crippen LogP contribution in [-0.2, 0) is 0 Å². The molecule has 0 saturated carbocycles. The van der Waals surface area contributed by atoms with Crippen molar-refractivity contribution in [1.29, 1.82) is 0 Å². The Kier molecular flexibility index (Phi) is 2.34. The van der Waals surface area contributed by atoms with Crippen LogP contribution in [0.3, 0.4) is 0 Å². The van der Waals surface area contributed by atoms with Crippen molar-refractivity contribution in [3.05, 3.63) is 22.7 Å². The Bertz CT molecular complexity index is 245. The van der Waals surface area contributed by atoms with Gasteiger partial charge in [-0.05, 0) is 24.6 Å². The molecule has 0 unspecified atom stereocenters. The lowest BCUT2D eigenvalue weighted by Gasteiger charge is -1.99. The van der Waals surface area contributed by atoms with Crippen LogP contribution < -0.4 is 0 Å². The quantitative estimate of drug-likeness (QED) is 0.617. The first-order valence-electron chi connectivity index (χ1n) is 2.89. The van der Waals surface area contributed by atoms with E-state index in [2.05, 4.69) is 9.97 Å². The molecule has 0 aliphatic heterocycles. The van der Waals surface area contributed by atoms with E-state index in [1.165, 1.54) is 6.07 Å². The first-order valence-corrected chi connectivity index (χ1v) is 3.26. The number of aromatic nitrogens is 2. The van der Waals surface area contributed by atoms with E-state index >= 15 is 0 Å². The zero-order valence-corrected chi connectivity index (χ0v) is 6.44. The fourth-order valence-corrected chi connectivity index (χ4v) is 0.898. The van der Waals surface area contributed by atoms with Crippen molar-refractivity contribution in [2.75, 3.05) is 0 Å². The molecule has 0 fully saturated rings. The van der Waals surface area contributed by atoms with Crippen molar-refractivity contribution in [3.8, 4) is 0 Å². The minimum Gasteiger partial charge on any atom is -0.223 e. The molecule has 1 heterocycles. The number of rotatable bonds is 1. The van der Waals surface area contributed by atoms with Crippen LogP contribution in [0, 0.1) is 6.92 Å². The van der Waals surface area contributed by atoms with Crippen LogP contribution in [0.1, 0.15) is 17.8 Å². The highest BCUT2D eigenvalue weighted by molar-refractivity contribution is 6.28. The largest absolute Gasteiger partial charge is 0.280 e. The number of alkyl halides is 2. The third kappa shape index (κ3) is 2.08. The first kappa shape index (κ1) is 8.33. The predicted octanol–water partition coefficient (Wildman–Crippen LogP) is 2.38. The fourth-order valence-electron chi connectivity index (χ4n) is 0.667. The topological polar surface area (TPSA) is 25.8 Å². The van der Waals surface area contributed by atoms with Crippen LogP contribution in [0.15, 0.2) is 6.07 Å². The van der Waals surface area contributed by atoms with E-state index in [0.29, 0.717) is 5.69 Å². The summed E-state index contributed by atoms with van der Waals surface area (Å²) in [5, 5.41) is -0.139. The van der Waals surface area contributed by atoms with Gasteiger partial charge >= 0.3 is 0 Å². The van der Waals surface area contributed by atoms with Gasteiger partial charge in [-0.25, -0.2) is 18.7 Å². The average Bonchev–Trinajstić information content (AvgIpc) is 1.85. The maximum Gasteiger partial charge on any atom is 0.280 e. The molecule has 11 heavy (non-hydrogen) atoms. The molecule has 0 N–H and O–H groups in total. The van der Waals surface area contributed by atoms with Crippen LogP contribution in [0.25, 0.3) is 0 Å². The molecule has 0 aromatic carbocycles. The van der Waals surface area contributed by atoms with Crippen LogP contribution >= 0.6 is 11.6 Å². The van der Waals surface area contributed by atoms with Gasteiger partial charge in [0, 0.05) is 5.69 Å². The fraction of sp³-hybridized carbons (Fsp3) is 0.333. The van der Waals surface area contributed by atoms with Gasteiger partial charge < -0.3 is 0 Å². The summed E-state index contributed by atoms with van der Waals surface area (Å²) in [6.45, 7) is 1.58. The van der Waals surface area contributed by atoms with Gasteiger partial charge in [0.15, 0.2) is 0 Å². The second kappa shape index (κ2) is 3.09. The predicted molar refractivity (Wildman–Crippen MR) is 36.7 cm³/mol. The van der Waals surface area contributed by atoms with Crippen LogP contribution in [0.5, 0.6) is 0 Å². The van der Waals surface area contributed by atoms with Crippen molar-refractivity contribution in [1.82, 2.24) is 9.97 Å². The summed E-state index contributed by atoms with van der Waals surface area (Å²) in [6, 6.07) is 1.20. The minimum atomic E-state index is -2.59. The third-order valence-electron chi connectivity index (χ3n) is 1.07. The molecular formula is C6H5ClF2N2. The van der Waals surface area contributed by atoms with E-state index in [-0.39, 0.29) is 11.0 Å². The van der Waals surface area contributed by atoms with Crippen LogP contribution in [-0.4, -0.2) is 9.97 Å². The molecule has 2 nitrogen and oxygen atoms in total. The Hall–Kier alpha value is -0.770. The zero-order valence-electron chi connectivity index (χ0n) is 5.68. The van der Waals surface area contributed by atoms with Crippen molar-refractivity contribution in [3.63, 3.8) is 0 Å². The van der Waals surface area contributed by atoms with E-state index in [1.54, 1.807) is 6.92 Å². The Morgan fingerprint density at radius 2 is 2.09 bits per heavy atom. The molecule has 5 heteroatoms. The maximum atomic E-state index is 12.0. The van der Waals surface area contributed by atoms with E-state index < -0.39 is 6.43 Å². The monoisotopic (exact) mass is 178 g/mol. The molecule has 1 rings (SSSR count). The van der Waals surface area contributed by atoms with E-state index in [1.807, 2.05) is 0 Å². The first-order chi connectivity index (χ1) is 5.09. The van der Waals surface area contributed by atoms with Gasteiger partial charge in [-0.1, -0.05) is 0 Å². The third-order valence-corrected chi connectivity index (χ3v) is 1.24. The Morgan fingerprint density at radius 1 is 1.45 bits per heavy atom. The van der Waals surface area contributed by atoms with Gasteiger partial charge in [0.1, 0.15) is 5.69 Å². The summed E-state index contributed by atoms with van der Waals surface area (Å²) in [4.78, 5) is 6.98. The standard InChI is InChI=1S/C6H5ClF2N2/c1-3-2-4(5(8)9)11-6(7)10-3/h2,5H,1H3. The number of nitrogens with zero attached hydrogens (tertiary/aromatic N) is 2. The smallest absolute Gasteiger partial charge is 0.223 e. The van der Waals surface area contributed by atoms with Gasteiger partial charge in [0.25, 0.3) is 6.43 Å². The number of halogens is 3. The summed E-state index contributed by atoms with van der Waals surface area (Å²) < 4.78 is 24.0. The van der Waals surface area contributed by atoms with Gasteiger partial charge in [0.2, 0.25) is 5.28 Å². The van der Waals surface area contributed by atoms with Crippen molar-refractivity contribution in [2.24, 2.45) is 0 Å². The second-order valence-electron chi connectivity index (χ2n) is 2.00. The van der Waals surface area contributed by atoms with Gasteiger partial charge in [-0.3, -0.25) is 0 Å². The summed E-state index contributed by atoms with van der Waals surface area (Å²) in [6.07, 6.45) is -2.59. The van der Waals surface area contributed by atoms with Crippen LogP contribution in [0.2, 0.25) is 5.28 Å². The van der Waals surface area contributed by atoms with Crippen molar-refractivity contribution in [2.45, 2.75) is 13.3 Å². The molecule has 0 aliphatic rings. The summed E-state index contributed by atoms with van der Waals surface area (Å²) in [5.74, 6) is 0. The lowest BCUT2D eigenvalue weighted by atomic mass is 10.3. The normalized spacial score (nSPS) is 10.6. The molecule has 60 valence electrons. The maximum absolute atomic E-state index is 12.0. The van der Waals surface area contributed by atoms with E-state index in [4.69, 9.17) is 11.6 Å². The molecule has 0 atom stereocenters. The highest BCUT2D eigenvalue weighted by atomic mass is 35.5. The number of hydrogen-bond acceptors (Lipinski definition) is 2.